The maximum atomic E-state index is 13.4. The van der Waals surface area contributed by atoms with Gasteiger partial charge in [0, 0.05) is 10.0 Å². The molecular formula is C13H6BrF3NO4S-. The van der Waals surface area contributed by atoms with E-state index < -0.39 is 34.2 Å². The van der Waals surface area contributed by atoms with E-state index in [1.54, 1.807) is 6.07 Å². The highest BCUT2D eigenvalue weighted by atomic mass is 79.9. The molecule has 0 radical (unpaired) electrons. The summed E-state index contributed by atoms with van der Waals surface area (Å²) in [6.45, 7) is -1.10. The number of alkyl halides is 3. The molecule has 1 unspecified atom stereocenters. The normalized spacial score (nSPS) is 20.2. The van der Waals surface area contributed by atoms with Crippen LogP contribution in [0.15, 0.2) is 22.7 Å². The van der Waals surface area contributed by atoms with Crippen molar-refractivity contribution in [2.24, 2.45) is 0 Å². The van der Waals surface area contributed by atoms with Crippen LogP contribution >= 0.6 is 27.3 Å². The van der Waals surface area contributed by atoms with E-state index in [1.807, 2.05) is 0 Å². The summed E-state index contributed by atoms with van der Waals surface area (Å²) in [5.74, 6) is -1.66. The number of fused-ring (bicyclic) bond motifs is 3. The first-order chi connectivity index (χ1) is 10.6. The van der Waals surface area contributed by atoms with Crippen molar-refractivity contribution in [2.75, 3.05) is 6.61 Å². The summed E-state index contributed by atoms with van der Waals surface area (Å²) >= 11 is 3.40. The van der Waals surface area contributed by atoms with Gasteiger partial charge in [0.2, 0.25) is 5.60 Å². The summed E-state index contributed by atoms with van der Waals surface area (Å²) in [5.41, 5.74) is -3.50. The molecule has 122 valence electrons. The average molecular weight is 409 g/mol. The predicted molar refractivity (Wildman–Crippen MR) is 75.0 cm³/mol. The Bertz CT molecular complexity index is 807. The molecule has 0 amide bonds. The van der Waals surface area contributed by atoms with Crippen molar-refractivity contribution in [3.05, 3.63) is 32.6 Å². The molecule has 0 saturated heterocycles. The summed E-state index contributed by atoms with van der Waals surface area (Å²) in [6.07, 6.45) is -5.07. The molecule has 0 bridgehead atoms. The van der Waals surface area contributed by atoms with Gasteiger partial charge in [-0.2, -0.15) is 13.2 Å². The lowest BCUT2D eigenvalue weighted by Gasteiger charge is -2.28. The van der Waals surface area contributed by atoms with Gasteiger partial charge in [0.05, 0.1) is 10.6 Å². The second-order valence-corrected chi connectivity index (χ2v) is 6.69. The van der Waals surface area contributed by atoms with E-state index in [9.17, 15) is 28.2 Å². The van der Waals surface area contributed by atoms with Crippen molar-refractivity contribution < 1.29 is 32.9 Å². The van der Waals surface area contributed by atoms with E-state index >= 15 is 0 Å². The number of carbonyl (C=O) groups is 1. The Balaban J connectivity index is 2.33. The highest BCUT2D eigenvalue weighted by Crippen LogP contribution is 2.50. The predicted octanol–water partition coefficient (Wildman–Crippen LogP) is 2.08. The van der Waals surface area contributed by atoms with Crippen LogP contribution in [0.3, 0.4) is 0 Å². The lowest BCUT2D eigenvalue weighted by atomic mass is 9.99. The lowest BCUT2D eigenvalue weighted by molar-refractivity contribution is -0.273. The molecule has 23 heavy (non-hydrogen) atoms. The highest BCUT2D eigenvalue weighted by molar-refractivity contribution is 9.10. The van der Waals surface area contributed by atoms with Crippen LogP contribution in [-0.4, -0.2) is 28.8 Å². The summed E-state index contributed by atoms with van der Waals surface area (Å²) in [4.78, 5) is 14.0. The third-order valence-corrected chi connectivity index (χ3v) is 4.96. The Kier molecular flexibility index (Phi) is 3.65. The van der Waals surface area contributed by atoms with E-state index in [-0.39, 0.29) is 28.3 Å². The molecule has 1 aliphatic rings. The molecule has 1 aromatic carbocycles. The number of hydrogen-bond acceptors (Lipinski definition) is 6. The highest BCUT2D eigenvalue weighted by Gasteiger charge is 2.59. The number of carboxylic acid groups (broad SMARTS) is 1. The van der Waals surface area contributed by atoms with Crippen LogP contribution in [0.1, 0.15) is 14.7 Å². The molecule has 1 N–H and O–H groups in total. The molecular weight excluding hydrogens is 403 g/mol. The van der Waals surface area contributed by atoms with Gasteiger partial charge in [-0.3, -0.25) is 0 Å². The van der Waals surface area contributed by atoms with Crippen LogP contribution < -0.4 is 9.84 Å². The quantitative estimate of drug-likeness (QED) is 0.780. The van der Waals surface area contributed by atoms with Crippen molar-refractivity contribution in [1.82, 2.24) is 4.98 Å². The van der Waals surface area contributed by atoms with Crippen molar-refractivity contribution >= 4 is 33.2 Å². The minimum atomic E-state index is -5.07. The van der Waals surface area contributed by atoms with Crippen molar-refractivity contribution in [2.45, 2.75) is 11.8 Å². The first kappa shape index (κ1) is 16.2. The number of nitrogens with zero attached hydrogens (tertiary/aromatic N) is 1. The average Bonchev–Trinajstić information content (AvgIpc) is 2.85. The van der Waals surface area contributed by atoms with Gasteiger partial charge in [0.25, 0.3) is 0 Å². The zero-order valence-corrected chi connectivity index (χ0v) is 13.4. The molecule has 5 nitrogen and oxygen atoms in total. The Morgan fingerprint density at radius 2 is 2.17 bits per heavy atom. The fraction of sp³-hybridized carbons (Fsp3) is 0.231. The molecule has 0 saturated carbocycles. The Labute approximate surface area is 139 Å². The van der Waals surface area contributed by atoms with E-state index in [1.165, 1.54) is 12.1 Å². The van der Waals surface area contributed by atoms with Gasteiger partial charge in [-0.25, -0.2) is 4.98 Å². The van der Waals surface area contributed by atoms with E-state index in [0.29, 0.717) is 4.47 Å². The molecule has 2 heterocycles. The van der Waals surface area contributed by atoms with Crippen molar-refractivity contribution in [3.63, 3.8) is 0 Å². The van der Waals surface area contributed by atoms with E-state index in [4.69, 9.17) is 4.74 Å². The molecule has 0 fully saturated rings. The fourth-order valence-corrected chi connectivity index (χ4v) is 3.51. The van der Waals surface area contributed by atoms with Crippen molar-refractivity contribution in [1.29, 1.82) is 0 Å². The second-order valence-electron chi connectivity index (χ2n) is 4.77. The van der Waals surface area contributed by atoms with Gasteiger partial charge < -0.3 is 19.7 Å². The summed E-state index contributed by atoms with van der Waals surface area (Å²) < 4.78 is 45.8. The number of thiazole rings is 1. The molecule has 0 aliphatic carbocycles. The largest absolute Gasteiger partial charge is 0.542 e. The van der Waals surface area contributed by atoms with Crippen molar-refractivity contribution in [3.8, 4) is 17.0 Å². The van der Waals surface area contributed by atoms with Crippen LogP contribution in [-0.2, 0) is 5.60 Å². The smallest absolute Gasteiger partial charge is 0.425 e. The second kappa shape index (κ2) is 5.18. The first-order valence-corrected chi connectivity index (χ1v) is 7.69. The van der Waals surface area contributed by atoms with Crippen LogP contribution in [0.25, 0.3) is 11.3 Å². The monoisotopic (exact) mass is 408 g/mol. The van der Waals surface area contributed by atoms with E-state index in [0.717, 1.165) is 0 Å². The molecule has 1 aliphatic heterocycles. The fourth-order valence-electron chi connectivity index (χ4n) is 2.14. The molecule has 2 aromatic rings. The number of aromatic carboxylic acids is 1. The van der Waals surface area contributed by atoms with Crippen LogP contribution in [0.5, 0.6) is 5.75 Å². The maximum Gasteiger partial charge on any atom is 0.425 e. The number of hydrogen-bond donors (Lipinski definition) is 1. The minimum Gasteiger partial charge on any atom is -0.542 e. The maximum absolute atomic E-state index is 13.4. The van der Waals surface area contributed by atoms with Gasteiger partial charge in [0.1, 0.15) is 23.3 Å². The zero-order chi connectivity index (χ0) is 17.0. The number of rotatable bonds is 1. The Morgan fingerprint density at radius 3 is 2.78 bits per heavy atom. The molecule has 1 aromatic heterocycles. The zero-order valence-electron chi connectivity index (χ0n) is 11.0. The van der Waals surface area contributed by atoms with Crippen LogP contribution in [0.4, 0.5) is 13.2 Å². The number of aliphatic hydroxyl groups is 1. The van der Waals surface area contributed by atoms with Crippen LogP contribution in [0, 0.1) is 0 Å². The first-order valence-electron chi connectivity index (χ1n) is 6.08. The Hall–Kier alpha value is -1.65. The topological polar surface area (TPSA) is 82.5 Å². The number of ether oxygens (including phenoxy) is 1. The van der Waals surface area contributed by atoms with Gasteiger partial charge in [-0.05, 0) is 18.2 Å². The molecule has 10 heteroatoms. The summed E-state index contributed by atoms with van der Waals surface area (Å²) in [6, 6.07) is 4.39. The van der Waals surface area contributed by atoms with E-state index in [2.05, 4.69) is 20.9 Å². The summed E-state index contributed by atoms with van der Waals surface area (Å²) in [7, 11) is 0. The molecule has 3 rings (SSSR count). The lowest BCUT2D eigenvalue weighted by Crippen LogP contribution is -2.46. The number of benzene rings is 1. The Morgan fingerprint density at radius 1 is 1.48 bits per heavy atom. The van der Waals surface area contributed by atoms with Gasteiger partial charge in [0.15, 0.2) is 0 Å². The minimum absolute atomic E-state index is 0.0600. The third-order valence-electron chi connectivity index (χ3n) is 3.28. The standard InChI is InChI=1S/C13H7BrF3NO4S/c14-5-1-2-7-6(3-5)8-9(23-10(18-8)11(19)20)12(21,4-22-7)13(15,16)17/h1-3,21H,4H2,(H,19,20)/p-1. The van der Waals surface area contributed by atoms with Gasteiger partial charge >= 0.3 is 6.18 Å². The molecule has 1 atom stereocenters. The summed E-state index contributed by atoms with van der Waals surface area (Å²) in [5, 5.41) is 20.5. The SMILES string of the molecule is O=C([O-])c1nc2c(s1)C(O)(C(F)(F)F)COc1ccc(Br)cc1-2. The third kappa shape index (κ3) is 2.50. The number of carboxylic acids is 1. The molecule has 0 spiro atoms. The number of halogens is 4. The number of carbonyl (C=O) groups excluding carboxylic acids is 1. The number of aromatic nitrogens is 1. The van der Waals surface area contributed by atoms with Gasteiger partial charge in [-0.1, -0.05) is 15.9 Å². The van der Waals surface area contributed by atoms with Gasteiger partial charge in [-0.15, -0.1) is 11.3 Å². The van der Waals surface area contributed by atoms with Crippen LogP contribution in [0.2, 0.25) is 0 Å².